The van der Waals surface area contributed by atoms with Crippen molar-refractivity contribution in [1.82, 2.24) is 0 Å². The fraction of sp³-hybridized carbons (Fsp3) is 0.500. The maximum atomic E-state index is 11.2. The van der Waals surface area contributed by atoms with Crippen molar-refractivity contribution >= 4 is 15.7 Å². The zero-order valence-electron chi connectivity index (χ0n) is 9.72. The third-order valence-electron chi connectivity index (χ3n) is 3.23. The largest absolute Gasteiger partial charge is 0.385 e. The van der Waals surface area contributed by atoms with Crippen LogP contribution in [0, 0.1) is 5.92 Å². The van der Waals surface area contributed by atoms with E-state index >= 15 is 0 Å². The highest BCUT2D eigenvalue weighted by Gasteiger charge is 2.14. The highest BCUT2D eigenvalue weighted by molar-refractivity contribution is 7.89. The lowest BCUT2D eigenvalue weighted by atomic mass is 10.1. The number of benzene rings is 1. The second-order valence-electron chi connectivity index (χ2n) is 4.60. The van der Waals surface area contributed by atoms with E-state index in [1.54, 1.807) is 12.1 Å². The van der Waals surface area contributed by atoms with Gasteiger partial charge in [0.1, 0.15) is 0 Å². The molecule has 0 amide bonds. The maximum absolute atomic E-state index is 11.2. The molecule has 0 unspecified atom stereocenters. The molecular weight excluding hydrogens is 236 g/mol. The first-order chi connectivity index (χ1) is 8.05. The van der Waals surface area contributed by atoms with Crippen LogP contribution in [0.5, 0.6) is 0 Å². The molecule has 0 heterocycles. The molecule has 94 valence electrons. The Balaban J connectivity index is 2.01. The average Bonchev–Trinajstić information content (AvgIpc) is 2.78. The van der Waals surface area contributed by atoms with Crippen LogP contribution in [0.25, 0.3) is 0 Å². The summed E-state index contributed by atoms with van der Waals surface area (Å²) in [6, 6.07) is 6.67. The SMILES string of the molecule is NS(=O)(=O)c1cccc(NCC2CCCC2)c1. The Morgan fingerprint density at radius 1 is 1.29 bits per heavy atom. The van der Waals surface area contributed by atoms with Gasteiger partial charge in [-0.3, -0.25) is 0 Å². The van der Waals surface area contributed by atoms with Crippen LogP contribution in [0.3, 0.4) is 0 Å². The van der Waals surface area contributed by atoms with Crippen molar-refractivity contribution in [3.63, 3.8) is 0 Å². The maximum Gasteiger partial charge on any atom is 0.238 e. The van der Waals surface area contributed by atoms with Crippen LogP contribution in [0.4, 0.5) is 5.69 Å². The Labute approximate surface area is 102 Å². The zero-order chi connectivity index (χ0) is 12.3. The van der Waals surface area contributed by atoms with Crippen LogP contribution in [0.1, 0.15) is 25.7 Å². The summed E-state index contributed by atoms with van der Waals surface area (Å²) in [6.45, 7) is 0.911. The topological polar surface area (TPSA) is 72.2 Å². The van der Waals surface area contributed by atoms with E-state index in [1.807, 2.05) is 6.07 Å². The van der Waals surface area contributed by atoms with Gasteiger partial charge in [0, 0.05) is 12.2 Å². The molecule has 0 atom stereocenters. The van der Waals surface area contributed by atoms with Gasteiger partial charge >= 0.3 is 0 Å². The molecule has 1 fully saturated rings. The lowest BCUT2D eigenvalue weighted by Crippen LogP contribution is -2.14. The number of nitrogens with one attached hydrogen (secondary N) is 1. The van der Waals surface area contributed by atoms with Crippen molar-refractivity contribution in [2.24, 2.45) is 11.1 Å². The molecule has 0 bridgehead atoms. The molecule has 0 radical (unpaired) electrons. The minimum atomic E-state index is -3.60. The third-order valence-corrected chi connectivity index (χ3v) is 4.14. The molecule has 0 aromatic heterocycles. The van der Waals surface area contributed by atoms with Crippen molar-refractivity contribution in [3.05, 3.63) is 24.3 Å². The van der Waals surface area contributed by atoms with Crippen LogP contribution < -0.4 is 10.5 Å². The Kier molecular flexibility index (Phi) is 3.69. The van der Waals surface area contributed by atoms with E-state index in [4.69, 9.17) is 5.14 Å². The fourth-order valence-electron chi connectivity index (χ4n) is 2.26. The van der Waals surface area contributed by atoms with E-state index in [-0.39, 0.29) is 4.90 Å². The molecule has 2 rings (SSSR count). The minimum Gasteiger partial charge on any atom is -0.385 e. The highest BCUT2D eigenvalue weighted by Crippen LogP contribution is 2.25. The van der Waals surface area contributed by atoms with Crippen molar-refractivity contribution in [1.29, 1.82) is 0 Å². The van der Waals surface area contributed by atoms with E-state index in [9.17, 15) is 8.42 Å². The number of sulfonamides is 1. The molecule has 1 aliphatic carbocycles. The number of nitrogens with two attached hydrogens (primary N) is 1. The Bertz CT molecular complexity index is 479. The van der Waals surface area contributed by atoms with Gasteiger partial charge in [0.15, 0.2) is 0 Å². The molecule has 4 nitrogen and oxygen atoms in total. The van der Waals surface area contributed by atoms with Gasteiger partial charge in [-0.15, -0.1) is 0 Å². The predicted molar refractivity (Wildman–Crippen MR) is 68.3 cm³/mol. The van der Waals surface area contributed by atoms with Gasteiger partial charge in [0.05, 0.1) is 4.90 Å². The van der Waals surface area contributed by atoms with Gasteiger partial charge in [-0.05, 0) is 37.0 Å². The first kappa shape index (κ1) is 12.4. The van der Waals surface area contributed by atoms with E-state index in [2.05, 4.69) is 5.32 Å². The first-order valence-corrected chi connectivity index (χ1v) is 7.47. The summed E-state index contributed by atoms with van der Waals surface area (Å²) in [6.07, 6.45) is 5.15. The number of primary sulfonamides is 1. The summed E-state index contributed by atoms with van der Waals surface area (Å²) in [5, 5.41) is 8.37. The van der Waals surface area contributed by atoms with Gasteiger partial charge in [-0.1, -0.05) is 18.9 Å². The Morgan fingerprint density at radius 2 is 2.00 bits per heavy atom. The number of hydrogen-bond acceptors (Lipinski definition) is 3. The van der Waals surface area contributed by atoms with Gasteiger partial charge in [0.2, 0.25) is 10.0 Å². The third kappa shape index (κ3) is 3.44. The molecule has 0 spiro atoms. The number of hydrogen-bond donors (Lipinski definition) is 2. The highest BCUT2D eigenvalue weighted by atomic mass is 32.2. The van der Waals surface area contributed by atoms with Gasteiger partial charge in [0.25, 0.3) is 0 Å². The summed E-state index contributed by atoms with van der Waals surface area (Å²) in [7, 11) is -3.60. The second-order valence-corrected chi connectivity index (χ2v) is 6.17. The summed E-state index contributed by atoms with van der Waals surface area (Å²) in [5.74, 6) is 0.716. The first-order valence-electron chi connectivity index (χ1n) is 5.92. The average molecular weight is 254 g/mol. The second kappa shape index (κ2) is 5.06. The van der Waals surface area contributed by atoms with Crippen LogP contribution in [0.2, 0.25) is 0 Å². The fourth-order valence-corrected chi connectivity index (χ4v) is 2.82. The Morgan fingerprint density at radius 3 is 2.65 bits per heavy atom. The smallest absolute Gasteiger partial charge is 0.238 e. The molecule has 1 aliphatic rings. The van der Waals surface area contributed by atoms with Crippen LogP contribution in [-0.2, 0) is 10.0 Å². The quantitative estimate of drug-likeness (QED) is 0.862. The summed E-state index contributed by atoms with van der Waals surface area (Å²) in [4.78, 5) is 0.161. The summed E-state index contributed by atoms with van der Waals surface area (Å²) >= 11 is 0. The number of rotatable bonds is 4. The summed E-state index contributed by atoms with van der Waals surface area (Å²) in [5.41, 5.74) is 0.823. The lowest BCUT2D eigenvalue weighted by molar-refractivity contribution is 0.579. The monoisotopic (exact) mass is 254 g/mol. The number of anilines is 1. The predicted octanol–water partition coefficient (Wildman–Crippen LogP) is 1.94. The van der Waals surface area contributed by atoms with Crippen molar-refractivity contribution < 1.29 is 8.42 Å². The normalized spacial score (nSPS) is 17.2. The molecule has 1 aromatic carbocycles. The van der Waals surface area contributed by atoms with Gasteiger partial charge in [-0.25, -0.2) is 13.6 Å². The standard InChI is InChI=1S/C12H18N2O2S/c13-17(15,16)12-7-3-6-11(8-12)14-9-10-4-1-2-5-10/h3,6-8,10,14H,1-2,4-5,9H2,(H2,13,15,16). The Hall–Kier alpha value is -1.07. The molecule has 5 heteroatoms. The minimum absolute atomic E-state index is 0.161. The molecule has 0 aliphatic heterocycles. The van der Waals surface area contributed by atoms with Crippen LogP contribution in [0.15, 0.2) is 29.2 Å². The van der Waals surface area contributed by atoms with E-state index in [0.717, 1.165) is 12.2 Å². The van der Waals surface area contributed by atoms with E-state index in [1.165, 1.54) is 31.7 Å². The molecule has 3 N–H and O–H groups in total. The van der Waals surface area contributed by atoms with Crippen molar-refractivity contribution in [2.75, 3.05) is 11.9 Å². The zero-order valence-corrected chi connectivity index (χ0v) is 10.5. The summed E-state index contributed by atoms with van der Waals surface area (Å²) < 4.78 is 22.4. The van der Waals surface area contributed by atoms with E-state index < -0.39 is 10.0 Å². The van der Waals surface area contributed by atoms with Crippen LogP contribution >= 0.6 is 0 Å². The van der Waals surface area contributed by atoms with E-state index in [0.29, 0.717) is 5.92 Å². The van der Waals surface area contributed by atoms with Crippen molar-refractivity contribution in [3.8, 4) is 0 Å². The van der Waals surface area contributed by atoms with Gasteiger partial charge < -0.3 is 5.32 Å². The van der Waals surface area contributed by atoms with Crippen molar-refractivity contribution in [2.45, 2.75) is 30.6 Å². The molecule has 1 aromatic rings. The van der Waals surface area contributed by atoms with Crippen LogP contribution in [-0.4, -0.2) is 15.0 Å². The molecular formula is C12H18N2O2S. The molecule has 0 saturated heterocycles. The lowest BCUT2D eigenvalue weighted by Gasteiger charge is -2.12. The molecule has 17 heavy (non-hydrogen) atoms. The molecule has 1 saturated carbocycles. The van der Waals surface area contributed by atoms with Gasteiger partial charge in [-0.2, -0.15) is 0 Å².